The van der Waals surface area contributed by atoms with Crippen LogP contribution in [0.25, 0.3) is 0 Å². The zero-order chi connectivity index (χ0) is 39.1. The van der Waals surface area contributed by atoms with Crippen LogP contribution in [-0.2, 0) is 14.3 Å². The van der Waals surface area contributed by atoms with Crippen LogP contribution in [0.15, 0.2) is 60.8 Å². The fourth-order valence-electron chi connectivity index (χ4n) is 6.61. The lowest BCUT2D eigenvalue weighted by Crippen LogP contribution is -2.27. The summed E-state index contributed by atoms with van der Waals surface area (Å²) in [6.07, 6.45) is 63.0. The third kappa shape index (κ3) is 44.5. The molecule has 0 amide bonds. The Kier molecular flexibility index (Phi) is 45.6. The Bertz CT molecular complexity index is 885. The molecule has 1 N–H and O–H groups in total. The molecule has 0 saturated carbocycles. The molecule has 0 aromatic heterocycles. The highest BCUT2D eigenvalue weighted by molar-refractivity contribution is 5.69. The van der Waals surface area contributed by atoms with Gasteiger partial charge in [0.15, 0.2) is 0 Å². The van der Waals surface area contributed by atoms with Gasteiger partial charge in [-0.3, -0.25) is 4.79 Å². The van der Waals surface area contributed by atoms with Gasteiger partial charge < -0.3 is 14.6 Å². The molecule has 314 valence electrons. The lowest BCUT2D eigenvalue weighted by molar-refractivity contribution is -0.154. The molecule has 0 aliphatic carbocycles. The molecule has 4 heteroatoms. The zero-order valence-electron chi connectivity index (χ0n) is 36.0. The number of hydrogen-bond donors (Lipinski definition) is 1. The van der Waals surface area contributed by atoms with E-state index in [-0.39, 0.29) is 12.6 Å². The number of allylic oxidation sites excluding steroid dienone is 10. The van der Waals surface area contributed by atoms with Gasteiger partial charge >= 0.3 is 5.97 Å². The highest BCUT2D eigenvalue weighted by Gasteiger charge is 2.13. The van der Waals surface area contributed by atoms with Gasteiger partial charge in [-0.15, -0.1) is 0 Å². The van der Waals surface area contributed by atoms with Gasteiger partial charge in [0.1, 0.15) is 6.10 Å². The predicted octanol–water partition coefficient (Wildman–Crippen LogP) is 15.6. The zero-order valence-corrected chi connectivity index (χ0v) is 36.0. The second kappa shape index (κ2) is 47.2. The van der Waals surface area contributed by atoms with E-state index in [0.29, 0.717) is 19.6 Å². The van der Waals surface area contributed by atoms with Crippen molar-refractivity contribution in [1.82, 2.24) is 0 Å². The van der Waals surface area contributed by atoms with Gasteiger partial charge in [0.2, 0.25) is 0 Å². The molecule has 0 aliphatic heterocycles. The van der Waals surface area contributed by atoms with Crippen molar-refractivity contribution in [3.05, 3.63) is 60.8 Å². The van der Waals surface area contributed by atoms with Crippen LogP contribution in [0.4, 0.5) is 0 Å². The van der Waals surface area contributed by atoms with Crippen LogP contribution in [0.3, 0.4) is 0 Å². The second-order valence-corrected chi connectivity index (χ2v) is 15.4. The van der Waals surface area contributed by atoms with Crippen LogP contribution in [0, 0.1) is 0 Å². The summed E-state index contributed by atoms with van der Waals surface area (Å²) in [4.78, 5) is 12.2. The lowest BCUT2D eigenvalue weighted by Gasteiger charge is -2.15. The first kappa shape index (κ1) is 52.1. The van der Waals surface area contributed by atoms with E-state index in [2.05, 4.69) is 74.6 Å². The van der Waals surface area contributed by atoms with Gasteiger partial charge in [-0.05, 0) is 77.0 Å². The molecule has 0 aliphatic rings. The fourth-order valence-corrected chi connectivity index (χ4v) is 6.61. The summed E-state index contributed by atoms with van der Waals surface area (Å²) in [6, 6.07) is 0. The van der Waals surface area contributed by atoms with E-state index in [1.807, 2.05) is 0 Å². The van der Waals surface area contributed by atoms with Crippen molar-refractivity contribution in [2.45, 2.75) is 232 Å². The van der Waals surface area contributed by atoms with E-state index >= 15 is 0 Å². The van der Waals surface area contributed by atoms with Crippen LogP contribution in [0.2, 0.25) is 0 Å². The largest absolute Gasteiger partial charge is 0.457 e. The van der Waals surface area contributed by atoms with E-state index in [4.69, 9.17) is 9.47 Å². The van der Waals surface area contributed by atoms with Crippen LogP contribution >= 0.6 is 0 Å². The molecule has 0 spiro atoms. The smallest absolute Gasteiger partial charge is 0.306 e. The minimum atomic E-state index is -0.540. The monoisotopic (exact) mass is 755 g/mol. The third-order valence-corrected chi connectivity index (χ3v) is 10.1. The summed E-state index contributed by atoms with van der Waals surface area (Å²) in [5.74, 6) is -0.209. The maximum Gasteiger partial charge on any atom is 0.306 e. The first-order valence-corrected chi connectivity index (χ1v) is 23.4. The van der Waals surface area contributed by atoms with Crippen LogP contribution in [0.5, 0.6) is 0 Å². The summed E-state index contributed by atoms with van der Waals surface area (Å²) in [5.41, 5.74) is 0. The Morgan fingerprint density at radius 1 is 0.463 bits per heavy atom. The number of carbonyl (C=O) groups excluding carboxylic acids is 1. The summed E-state index contributed by atoms with van der Waals surface area (Å²) < 4.78 is 11.2. The number of aliphatic hydroxyl groups excluding tert-OH is 1. The SMILES string of the molecule is CC/C=C\C/C=C\C/C=C\C/C=C\CCCCCCCCCCCCCCCOCC(CO)OC(=O)CCCCCCC/C=C\CCCCCCCCC. The molecule has 0 saturated heterocycles. The molecule has 0 rings (SSSR count). The van der Waals surface area contributed by atoms with Crippen molar-refractivity contribution in [1.29, 1.82) is 0 Å². The van der Waals surface area contributed by atoms with Gasteiger partial charge in [-0.1, -0.05) is 203 Å². The number of rotatable bonds is 43. The maximum absolute atomic E-state index is 12.2. The Hall–Kier alpha value is -1.91. The standard InChI is InChI=1S/C50H90O4/c1-3-5-7-9-11-13-15-17-19-21-22-23-24-25-26-27-28-29-30-32-34-36-38-40-42-44-46-53-48-49(47-51)54-50(52)45-43-41-39-37-35-33-31-20-18-16-14-12-10-8-6-4-2/h5,7,11,13,17,19-20,22-23,31,49,51H,3-4,6,8-10,12,14-16,18,21,24-30,32-48H2,1-2H3/b7-5-,13-11-,19-17-,23-22-,31-20-. The Labute approximate surface area is 336 Å². The fraction of sp³-hybridized carbons (Fsp3) is 0.780. The average molecular weight is 755 g/mol. The summed E-state index contributed by atoms with van der Waals surface area (Å²) >= 11 is 0. The van der Waals surface area contributed by atoms with Crippen molar-refractivity contribution in [3.8, 4) is 0 Å². The van der Waals surface area contributed by atoms with E-state index in [1.165, 1.54) is 161 Å². The summed E-state index contributed by atoms with van der Waals surface area (Å²) in [5, 5.41) is 9.62. The number of carbonyl (C=O) groups is 1. The molecule has 1 unspecified atom stereocenters. The molecule has 54 heavy (non-hydrogen) atoms. The molecule has 1 atom stereocenters. The van der Waals surface area contributed by atoms with Crippen LogP contribution in [0.1, 0.15) is 226 Å². The molecule has 0 heterocycles. The number of hydrogen-bond acceptors (Lipinski definition) is 4. The van der Waals surface area contributed by atoms with Crippen LogP contribution in [-0.4, -0.2) is 37.0 Å². The van der Waals surface area contributed by atoms with Crippen molar-refractivity contribution in [2.75, 3.05) is 19.8 Å². The normalized spacial score (nSPS) is 12.9. The van der Waals surface area contributed by atoms with Gasteiger partial charge in [0.05, 0.1) is 13.2 Å². The Balaban J connectivity index is 3.42. The number of esters is 1. The molecule has 0 bridgehead atoms. The van der Waals surface area contributed by atoms with E-state index < -0.39 is 6.10 Å². The van der Waals surface area contributed by atoms with Gasteiger partial charge in [-0.25, -0.2) is 0 Å². The Morgan fingerprint density at radius 2 is 0.833 bits per heavy atom. The summed E-state index contributed by atoms with van der Waals surface area (Å²) in [7, 11) is 0. The maximum atomic E-state index is 12.2. The molecule has 0 aromatic rings. The number of aliphatic hydroxyl groups is 1. The molecular formula is C50H90O4. The molecule has 0 aromatic carbocycles. The van der Waals surface area contributed by atoms with Gasteiger partial charge in [-0.2, -0.15) is 0 Å². The van der Waals surface area contributed by atoms with Gasteiger partial charge in [0.25, 0.3) is 0 Å². The molecule has 0 radical (unpaired) electrons. The highest BCUT2D eigenvalue weighted by atomic mass is 16.6. The quantitative estimate of drug-likeness (QED) is 0.0383. The minimum absolute atomic E-state index is 0.176. The molecule has 4 nitrogen and oxygen atoms in total. The average Bonchev–Trinajstić information content (AvgIpc) is 3.18. The van der Waals surface area contributed by atoms with E-state index in [9.17, 15) is 9.90 Å². The van der Waals surface area contributed by atoms with Crippen molar-refractivity contribution >= 4 is 5.97 Å². The van der Waals surface area contributed by atoms with Crippen molar-refractivity contribution in [3.63, 3.8) is 0 Å². The third-order valence-electron chi connectivity index (χ3n) is 10.1. The first-order valence-electron chi connectivity index (χ1n) is 23.4. The topological polar surface area (TPSA) is 55.8 Å². The van der Waals surface area contributed by atoms with Crippen molar-refractivity contribution in [2.24, 2.45) is 0 Å². The molecular weight excluding hydrogens is 665 g/mol. The highest BCUT2D eigenvalue weighted by Crippen LogP contribution is 2.14. The second-order valence-electron chi connectivity index (χ2n) is 15.4. The van der Waals surface area contributed by atoms with E-state index in [0.717, 1.165) is 44.9 Å². The predicted molar refractivity (Wildman–Crippen MR) is 237 cm³/mol. The van der Waals surface area contributed by atoms with Crippen molar-refractivity contribution < 1.29 is 19.4 Å². The molecule has 0 fully saturated rings. The van der Waals surface area contributed by atoms with Gasteiger partial charge in [0, 0.05) is 13.0 Å². The first-order chi connectivity index (χ1) is 26.7. The number of ether oxygens (including phenoxy) is 2. The summed E-state index contributed by atoms with van der Waals surface area (Å²) in [6.45, 7) is 5.23. The lowest BCUT2D eigenvalue weighted by atomic mass is 10.0. The number of unbranched alkanes of at least 4 members (excludes halogenated alkanes) is 25. The Morgan fingerprint density at radius 3 is 1.28 bits per heavy atom. The van der Waals surface area contributed by atoms with Crippen LogP contribution < -0.4 is 0 Å². The van der Waals surface area contributed by atoms with E-state index in [1.54, 1.807) is 0 Å². The minimum Gasteiger partial charge on any atom is -0.457 e.